The van der Waals surface area contributed by atoms with Crippen LogP contribution >= 0.6 is 11.6 Å². The summed E-state index contributed by atoms with van der Waals surface area (Å²) in [4.78, 5) is 10.7. The van der Waals surface area contributed by atoms with Gasteiger partial charge in [0.15, 0.2) is 11.5 Å². The molecule has 23 heavy (non-hydrogen) atoms. The highest BCUT2D eigenvalue weighted by molar-refractivity contribution is 6.32. The van der Waals surface area contributed by atoms with Crippen molar-refractivity contribution < 1.29 is 14.4 Å². The lowest BCUT2D eigenvalue weighted by Crippen LogP contribution is -2.05. The fourth-order valence-electron chi connectivity index (χ4n) is 2.65. The number of aryl methyl sites for hydroxylation is 1. The highest BCUT2D eigenvalue weighted by atomic mass is 35.5. The van der Waals surface area contributed by atoms with Crippen molar-refractivity contribution in [3.05, 3.63) is 44.2 Å². The van der Waals surface area contributed by atoms with Crippen molar-refractivity contribution in [1.29, 1.82) is 0 Å². The highest BCUT2D eigenvalue weighted by Crippen LogP contribution is 2.38. The largest absolute Gasteiger partial charge is 0.489 e. The summed E-state index contributed by atoms with van der Waals surface area (Å²) in [5, 5.41) is 15.8. The lowest BCUT2D eigenvalue weighted by molar-refractivity contribution is -0.386. The van der Waals surface area contributed by atoms with Gasteiger partial charge in [-0.15, -0.1) is 0 Å². The van der Waals surface area contributed by atoms with E-state index in [9.17, 15) is 10.1 Å². The van der Waals surface area contributed by atoms with E-state index in [4.69, 9.17) is 21.1 Å². The molecule has 3 rings (SSSR count). The molecule has 0 amide bonds. The maximum Gasteiger partial charge on any atom is 0.312 e. The van der Waals surface area contributed by atoms with Crippen molar-refractivity contribution in [1.82, 2.24) is 9.78 Å². The fraction of sp³-hybridized carbons (Fsp3) is 0.400. The molecule has 8 heteroatoms. The van der Waals surface area contributed by atoms with E-state index in [0.29, 0.717) is 47.7 Å². The summed E-state index contributed by atoms with van der Waals surface area (Å²) in [6.45, 7) is 4.82. The molecule has 0 N–H and O–H groups in total. The number of benzene rings is 1. The van der Waals surface area contributed by atoms with Crippen LogP contribution in [-0.2, 0) is 6.54 Å². The average molecular weight is 338 g/mol. The van der Waals surface area contributed by atoms with E-state index < -0.39 is 4.92 Å². The van der Waals surface area contributed by atoms with Crippen LogP contribution in [0.1, 0.15) is 23.4 Å². The second-order valence-electron chi connectivity index (χ2n) is 5.39. The smallest absolute Gasteiger partial charge is 0.312 e. The molecule has 2 heterocycles. The zero-order valence-corrected chi connectivity index (χ0v) is 13.6. The van der Waals surface area contributed by atoms with Crippen LogP contribution in [-0.4, -0.2) is 27.9 Å². The van der Waals surface area contributed by atoms with Crippen molar-refractivity contribution in [2.24, 2.45) is 0 Å². The molecule has 0 unspecified atom stereocenters. The van der Waals surface area contributed by atoms with Crippen LogP contribution in [0.3, 0.4) is 0 Å². The van der Waals surface area contributed by atoms with E-state index in [2.05, 4.69) is 5.10 Å². The van der Waals surface area contributed by atoms with Crippen LogP contribution < -0.4 is 9.47 Å². The third-order valence-corrected chi connectivity index (χ3v) is 4.00. The number of rotatable bonds is 3. The zero-order valence-electron chi connectivity index (χ0n) is 12.8. The summed E-state index contributed by atoms with van der Waals surface area (Å²) >= 11 is 6.27. The lowest BCUT2D eigenvalue weighted by atomic mass is 10.2. The van der Waals surface area contributed by atoms with Gasteiger partial charge in [-0.05, 0) is 31.5 Å². The summed E-state index contributed by atoms with van der Waals surface area (Å²) in [7, 11) is 0. The second-order valence-corrected chi connectivity index (χ2v) is 5.80. The number of hydrogen-bond donors (Lipinski definition) is 0. The van der Waals surface area contributed by atoms with Gasteiger partial charge in [-0.25, -0.2) is 0 Å². The van der Waals surface area contributed by atoms with Gasteiger partial charge >= 0.3 is 5.69 Å². The predicted octanol–water partition coefficient (Wildman–Crippen LogP) is 3.27. The number of hydrogen-bond acceptors (Lipinski definition) is 5. The molecular weight excluding hydrogens is 322 g/mol. The minimum Gasteiger partial charge on any atom is -0.489 e. The molecule has 0 spiro atoms. The first-order chi connectivity index (χ1) is 11.0. The van der Waals surface area contributed by atoms with E-state index in [1.54, 1.807) is 24.6 Å². The molecule has 1 aliphatic rings. The zero-order chi connectivity index (χ0) is 16.6. The van der Waals surface area contributed by atoms with E-state index in [-0.39, 0.29) is 5.69 Å². The van der Waals surface area contributed by atoms with Crippen LogP contribution in [0.2, 0.25) is 5.02 Å². The second kappa shape index (κ2) is 6.08. The summed E-state index contributed by atoms with van der Waals surface area (Å²) in [6, 6.07) is 3.62. The van der Waals surface area contributed by atoms with Crippen molar-refractivity contribution in [3.8, 4) is 11.5 Å². The molecule has 1 aromatic carbocycles. The third-order valence-electron chi connectivity index (χ3n) is 3.72. The third kappa shape index (κ3) is 2.96. The Bertz CT molecular complexity index is 773. The monoisotopic (exact) mass is 337 g/mol. The van der Waals surface area contributed by atoms with Crippen molar-refractivity contribution in [3.63, 3.8) is 0 Å². The Kier molecular flexibility index (Phi) is 4.12. The molecule has 0 aliphatic carbocycles. The van der Waals surface area contributed by atoms with E-state index in [1.165, 1.54) is 0 Å². The Hall–Kier alpha value is -2.28. The highest BCUT2D eigenvalue weighted by Gasteiger charge is 2.22. The Morgan fingerprint density at radius 3 is 2.78 bits per heavy atom. The quantitative estimate of drug-likeness (QED) is 0.634. The van der Waals surface area contributed by atoms with Gasteiger partial charge in [0.25, 0.3) is 0 Å². The maximum atomic E-state index is 11.1. The van der Waals surface area contributed by atoms with E-state index >= 15 is 0 Å². The molecule has 0 fully saturated rings. The molecule has 122 valence electrons. The van der Waals surface area contributed by atoms with Crippen LogP contribution in [0.15, 0.2) is 12.1 Å². The van der Waals surface area contributed by atoms with Gasteiger partial charge in [-0.3, -0.25) is 14.8 Å². The van der Waals surface area contributed by atoms with Crippen LogP contribution in [0.5, 0.6) is 11.5 Å². The molecule has 2 aromatic rings. The van der Waals surface area contributed by atoms with E-state index in [0.717, 1.165) is 12.0 Å². The minimum absolute atomic E-state index is 0.0467. The van der Waals surface area contributed by atoms with Crippen LogP contribution in [0, 0.1) is 24.0 Å². The summed E-state index contributed by atoms with van der Waals surface area (Å²) in [6.07, 6.45) is 0.796. The summed E-state index contributed by atoms with van der Waals surface area (Å²) in [5.74, 6) is 1.15. The van der Waals surface area contributed by atoms with Gasteiger partial charge in [-0.2, -0.15) is 5.10 Å². The minimum atomic E-state index is -0.408. The molecule has 0 atom stereocenters. The Morgan fingerprint density at radius 1 is 1.35 bits per heavy atom. The molecule has 1 aromatic heterocycles. The first-order valence-electron chi connectivity index (χ1n) is 7.24. The first-order valence-corrected chi connectivity index (χ1v) is 7.61. The Morgan fingerprint density at radius 2 is 2.09 bits per heavy atom. The molecule has 7 nitrogen and oxygen atoms in total. The normalized spacial score (nSPS) is 13.7. The summed E-state index contributed by atoms with van der Waals surface area (Å²) < 4.78 is 12.9. The van der Waals surface area contributed by atoms with Gasteiger partial charge in [0, 0.05) is 6.42 Å². The first kappa shape index (κ1) is 15.6. The molecule has 0 radical (unpaired) electrons. The number of nitrogens with zero attached hydrogens (tertiary/aromatic N) is 3. The van der Waals surface area contributed by atoms with Gasteiger partial charge in [0.05, 0.1) is 29.7 Å². The van der Waals surface area contributed by atoms with Crippen molar-refractivity contribution >= 4 is 17.3 Å². The van der Waals surface area contributed by atoms with Crippen molar-refractivity contribution in [2.45, 2.75) is 26.8 Å². The Labute approximate surface area is 137 Å². The SMILES string of the molecule is Cc1nn(Cc2cc(Cl)c3c(c2)OCCCO3)c(C)c1[N+](=O)[O-]. The molecular formula is C15H16ClN3O4. The fourth-order valence-corrected chi connectivity index (χ4v) is 2.94. The predicted molar refractivity (Wildman–Crippen MR) is 84.5 cm³/mol. The van der Waals surface area contributed by atoms with Gasteiger partial charge in [-0.1, -0.05) is 11.6 Å². The maximum absolute atomic E-state index is 11.1. The molecule has 0 saturated heterocycles. The number of aromatic nitrogens is 2. The number of ether oxygens (including phenoxy) is 2. The average Bonchev–Trinajstić information content (AvgIpc) is 2.65. The van der Waals surface area contributed by atoms with Crippen LogP contribution in [0.25, 0.3) is 0 Å². The molecule has 0 bridgehead atoms. The topological polar surface area (TPSA) is 79.4 Å². The van der Waals surface area contributed by atoms with Crippen LogP contribution in [0.4, 0.5) is 5.69 Å². The number of halogens is 1. The standard InChI is InChI=1S/C15H16ClN3O4/c1-9-14(19(20)21)10(2)18(17-9)8-11-6-12(16)15-13(7-11)22-4-3-5-23-15/h6-7H,3-5,8H2,1-2H3. The Balaban J connectivity index is 1.95. The lowest BCUT2D eigenvalue weighted by Gasteiger charge is -2.12. The number of nitro groups is 1. The van der Waals surface area contributed by atoms with Gasteiger partial charge in [0.2, 0.25) is 0 Å². The van der Waals surface area contributed by atoms with Gasteiger partial charge in [0.1, 0.15) is 11.4 Å². The molecule has 1 aliphatic heterocycles. The van der Waals surface area contributed by atoms with Gasteiger partial charge < -0.3 is 9.47 Å². The summed E-state index contributed by atoms with van der Waals surface area (Å²) in [5.41, 5.74) is 1.80. The van der Waals surface area contributed by atoms with E-state index in [1.807, 2.05) is 6.07 Å². The number of fused-ring (bicyclic) bond motifs is 1. The molecule has 0 saturated carbocycles. The van der Waals surface area contributed by atoms with Crippen molar-refractivity contribution in [2.75, 3.05) is 13.2 Å².